The van der Waals surface area contributed by atoms with Crippen LogP contribution in [0, 0.1) is 25.1 Å². The van der Waals surface area contributed by atoms with Gasteiger partial charge < -0.3 is 23.9 Å². The van der Waals surface area contributed by atoms with E-state index >= 15 is 0 Å². The fourth-order valence-corrected chi connectivity index (χ4v) is 5.54. The summed E-state index contributed by atoms with van der Waals surface area (Å²) in [5.74, 6) is -0.367. The van der Waals surface area contributed by atoms with E-state index < -0.39 is 23.7 Å². The van der Waals surface area contributed by atoms with Gasteiger partial charge in [0.25, 0.3) is 0 Å². The Labute approximate surface area is 183 Å². The average Bonchev–Trinajstić information content (AvgIpc) is 3.53. The SMILES string of the molecule is Cc1ncnc2c1ccn2[C@@H]1C[C@@]2(CO[C@@H](c3cc4ncc(C)n4cc3F)C2)[C@@H](O)[C@H]1O. The minimum Gasteiger partial charge on any atom is -0.390 e. The van der Waals surface area contributed by atoms with Gasteiger partial charge in [0.15, 0.2) is 0 Å². The first kappa shape index (κ1) is 19.8. The van der Waals surface area contributed by atoms with Crippen LogP contribution in [-0.2, 0) is 4.74 Å². The Balaban J connectivity index is 1.33. The largest absolute Gasteiger partial charge is 0.390 e. The highest BCUT2D eigenvalue weighted by Gasteiger charge is 2.57. The van der Waals surface area contributed by atoms with Crippen LogP contribution in [0.4, 0.5) is 4.39 Å². The molecule has 0 radical (unpaired) electrons. The summed E-state index contributed by atoms with van der Waals surface area (Å²) in [7, 11) is 0. The first-order valence-corrected chi connectivity index (χ1v) is 10.8. The molecule has 1 saturated carbocycles. The third-order valence-electron chi connectivity index (χ3n) is 7.35. The van der Waals surface area contributed by atoms with E-state index in [2.05, 4.69) is 15.0 Å². The van der Waals surface area contributed by atoms with E-state index in [0.29, 0.717) is 24.1 Å². The second-order valence-corrected chi connectivity index (χ2v) is 9.20. The standard InChI is InChI=1S/C23H24FN5O3/c1-12-8-25-19-5-15(16(24)9-29(12)19)18-7-23(10-32-18)6-17(20(30)21(23)31)28-4-3-14-13(2)26-11-27-22(14)28/h3-5,8-9,11,17-18,20-21,30-31H,6-7,10H2,1-2H3/t17-,18-,20+,21+,23-/m1/s1. The van der Waals surface area contributed by atoms with Crippen molar-refractivity contribution in [2.75, 3.05) is 6.61 Å². The van der Waals surface area contributed by atoms with Crippen molar-refractivity contribution in [1.82, 2.24) is 23.9 Å². The van der Waals surface area contributed by atoms with E-state index in [1.807, 2.05) is 30.7 Å². The molecule has 1 aliphatic carbocycles. The number of aliphatic hydroxyl groups is 2. The van der Waals surface area contributed by atoms with Crippen molar-refractivity contribution < 1.29 is 19.3 Å². The van der Waals surface area contributed by atoms with Crippen molar-refractivity contribution >= 4 is 16.7 Å². The van der Waals surface area contributed by atoms with Gasteiger partial charge in [0.2, 0.25) is 0 Å². The summed E-state index contributed by atoms with van der Waals surface area (Å²) < 4.78 is 24.6. The van der Waals surface area contributed by atoms with Crippen LogP contribution in [0.3, 0.4) is 0 Å². The number of halogens is 1. The molecule has 0 unspecified atom stereocenters. The summed E-state index contributed by atoms with van der Waals surface area (Å²) in [6, 6.07) is 3.28. The zero-order chi connectivity index (χ0) is 22.2. The topological polar surface area (TPSA) is 97.7 Å². The molecule has 4 aromatic rings. The molecule has 0 bridgehead atoms. The molecule has 0 aromatic carbocycles. The fraction of sp³-hybridized carbons (Fsp3) is 0.435. The van der Waals surface area contributed by atoms with Gasteiger partial charge in [0.1, 0.15) is 29.5 Å². The molecule has 4 aromatic heterocycles. The van der Waals surface area contributed by atoms with E-state index in [4.69, 9.17) is 4.74 Å². The van der Waals surface area contributed by atoms with Crippen LogP contribution in [0.2, 0.25) is 0 Å². The van der Waals surface area contributed by atoms with Gasteiger partial charge in [-0.1, -0.05) is 0 Å². The number of rotatable bonds is 2. The zero-order valence-corrected chi connectivity index (χ0v) is 17.8. The van der Waals surface area contributed by atoms with E-state index in [9.17, 15) is 14.6 Å². The maximum Gasteiger partial charge on any atom is 0.145 e. The Hall–Kier alpha value is -2.88. The predicted octanol–water partition coefficient (Wildman–Crippen LogP) is 2.65. The van der Waals surface area contributed by atoms with Gasteiger partial charge in [-0.3, -0.25) is 0 Å². The highest BCUT2D eigenvalue weighted by atomic mass is 19.1. The van der Waals surface area contributed by atoms with Crippen molar-refractivity contribution in [2.45, 2.75) is 51.0 Å². The van der Waals surface area contributed by atoms with Crippen LogP contribution in [0.1, 0.15) is 41.9 Å². The summed E-state index contributed by atoms with van der Waals surface area (Å²) in [5.41, 5.74) is 2.86. The number of ether oxygens (including phenoxy) is 1. The number of imidazole rings is 1. The Bertz CT molecular complexity index is 1350. The van der Waals surface area contributed by atoms with E-state index in [0.717, 1.165) is 22.4 Å². The Morgan fingerprint density at radius 1 is 1.19 bits per heavy atom. The summed E-state index contributed by atoms with van der Waals surface area (Å²) >= 11 is 0. The maximum atomic E-state index is 14.9. The van der Waals surface area contributed by atoms with E-state index in [1.54, 1.807) is 16.7 Å². The minimum atomic E-state index is -0.988. The summed E-state index contributed by atoms with van der Waals surface area (Å²) in [4.78, 5) is 12.9. The number of hydrogen-bond acceptors (Lipinski definition) is 6. The van der Waals surface area contributed by atoms with Crippen molar-refractivity contribution in [3.8, 4) is 0 Å². The van der Waals surface area contributed by atoms with Crippen molar-refractivity contribution in [3.05, 3.63) is 59.8 Å². The molecular formula is C23H24FN5O3. The molecule has 1 spiro atoms. The Morgan fingerprint density at radius 3 is 2.88 bits per heavy atom. The molecule has 5 heterocycles. The van der Waals surface area contributed by atoms with Crippen LogP contribution < -0.4 is 0 Å². The monoisotopic (exact) mass is 437 g/mol. The number of aromatic nitrogens is 5. The third kappa shape index (κ3) is 2.68. The summed E-state index contributed by atoms with van der Waals surface area (Å²) in [6.45, 7) is 4.03. The van der Waals surface area contributed by atoms with Crippen LogP contribution in [0.5, 0.6) is 0 Å². The smallest absolute Gasteiger partial charge is 0.145 e. The molecule has 0 amide bonds. The fourth-order valence-electron chi connectivity index (χ4n) is 5.54. The molecule has 1 aliphatic heterocycles. The van der Waals surface area contributed by atoms with Gasteiger partial charge in [-0.25, -0.2) is 19.3 Å². The van der Waals surface area contributed by atoms with Crippen LogP contribution in [0.25, 0.3) is 16.7 Å². The maximum absolute atomic E-state index is 14.9. The van der Waals surface area contributed by atoms with E-state index in [1.165, 1.54) is 12.5 Å². The van der Waals surface area contributed by atoms with Gasteiger partial charge >= 0.3 is 0 Å². The second-order valence-electron chi connectivity index (χ2n) is 9.20. The quantitative estimate of drug-likeness (QED) is 0.500. The predicted molar refractivity (Wildman–Crippen MR) is 114 cm³/mol. The second kappa shape index (κ2) is 6.81. The lowest BCUT2D eigenvalue weighted by Crippen LogP contribution is -2.37. The minimum absolute atomic E-state index is 0.248. The first-order valence-electron chi connectivity index (χ1n) is 10.8. The molecule has 1 saturated heterocycles. The molecule has 2 N–H and O–H groups in total. The number of nitrogens with zero attached hydrogens (tertiary/aromatic N) is 5. The molecule has 166 valence electrons. The molecule has 6 rings (SSSR count). The number of pyridine rings is 1. The van der Waals surface area contributed by atoms with Crippen LogP contribution in [0.15, 0.2) is 37.1 Å². The highest BCUT2D eigenvalue weighted by Crippen LogP contribution is 2.55. The number of aryl methyl sites for hydroxylation is 2. The lowest BCUT2D eigenvalue weighted by molar-refractivity contribution is -0.0309. The third-order valence-corrected chi connectivity index (χ3v) is 7.35. The summed E-state index contributed by atoms with van der Waals surface area (Å²) in [6.07, 6.45) is 4.96. The first-order chi connectivity index (χ1) is 15.4. The normalized spacial score (nSPS) is 30.3. The zero-order valence-electron chi connectivity index (χ0n) is 17.8. The average molecular weight is 437 g/mol. The Morgan fingerprint density at radius 2 is 2.03 bits per heavy atom. The van der Waals surface area contributed by atoms with Gasteiger partial charge in [-0.15, -0.1) is 0 Å². The summed E-state index contributed by atoms with van der Waals surface area (Å²) in [5, 5.41) is 23.0. The number of hydrogen-bond donors (Lipinski definition) is 2. The number of aliphatic hydroxyl groups excluding tert-OH is 2. The van der Waals surface area contributed by atoms with Gasteiger partial charge in [-0.2, -0.15) is 0 Å². The molecule has 5 atom stereocenters. The van der Waals surface area contributed by atoms with Gasteiger partial charge in [0.05, 0.1) is 30.6 Å². The van der Waals surface area contributed by atoms with Crippen molar-refractivity contribution in [3.63, 3.8) is 0 Å². The van der Waals surface area contributed by atoms with Crippen LogP contribution in [-0.4, -0.2) is 52.9 Å². The van der Waals surface area contributed by atoms with Gasteiger partial charge in [0, 0.05) is 40.6 Å². The molecule has 9 heteroatoms. The number of fused-ring (bicyclic) bond motifs is 2. The molecule has 2 fully saturated rings. The van der Waals surface area contributed by atoms with E-state index in [-0.39, 0.29) is 18.5 Å². The van der Waals surface area contributed by atoms with Crippen molar-refractivity contribution in [2.24, 2.45) is 5.41 Å². The lowest BCUT2D eigenvalue weighted by atomic mass is 9.80. The van der Waals surface area contributed by atoms with Crippen LogP contribution >= 0.6 is 0 Å². The Kier molecular flexibility index (Phi) is 4.21. The molecular weight excluding hydrogens is 413 g/mol. The molecule has 32 heavy (non-hydrogen) atoms. The molecule has 8 nitrogen and oxygen atoms in total. The highest BCUT2D eigenvalue weighted by molar-refractivity contribution is 5.78. The molecule has 2 aliphatic rings. The lowest BCUT2D eigenvalue weighted by Gasteiger charge is -2.26. The van der Waals surface area contributed by atoms with Gasteiger partial charge in [-0.05, 0) is 38.8 Å². The van der Waals surface area contributed by atoms with Crippen molar-refractivity contribution in [1.29, 1.82) is 0 Å².